The zero-order valence-corrected chi connectivity index (χ0v) is 14.4. The summed E-state index contributed by atoms with van der Waals surface area (Å²) in [4.78, 5) is 25.9. The Bertz CT molecular complexity index is 586. The Morgan fingerprint density at radius 1 is 1.35 bits per heavy atom. The average Bonchev–Trinajstić information content (AvgIpc) is 2.56. The molecule has 5 nitrogen and oxygen atoms in total. The van der Waals surface area contributed by atoms with Crippen molar-refractivity contribution in [3.63, 3.8) is 0 Å². The van der Waals surface area contributed by atoms with Crippen LogP contribution in [-0.2, 0) is 20.7 Å². The van der Waals surface area contributed by atoms with Crippen LogP contribution in [0.1, 0.15) is 39.2 Å². The lowest BCUT2D eigenvalue weighted by atomic mass is 9.92. The van der Waals surface area contributed by atoms with Gasteiger partial charge in [0.2, 0.25) is 11.8 Å². The fraction of sp³-hybridized carbons (Fsp3) is 0.556. The Labute approximate surface area is 138 Å². The normalized spacial score (nSPS) is 16.7. The second-order valence-electron chi connectivity index (χ2n) is 6.25. The average molecular weight is 318 g/mol. The predicted molar refractivity (Wildman–Crippen MR) is 91.4 cm³/mol. The van der Waals surface area contributed by atoms with Crippen molar-refractivity contribution in [3.05, 3.63) is 23.8 Å². The minimum Gasteiger partial charge on any atom is -0.364 e. The third-order valence-electron chi connectivity index (χ3n) is 4.72. The standard InChI is InChI=1S/C18H26N2O3/c1-5-12(2)13(3)18(22)19-15-7-8-16-14(10-15)6-9-17(21)20(16)11-23-4/h7-8,10,12-13H,5-6,9,11H2,1-4H3,(H,19,22)/t12-,13+/m0/s1. The van der Waals surface area contributed by atoms with Crippen molar-refractivity contribution in [1.82, 2.24) is 0 Å². The number of rotatable bonds is 6. The molecule has 23 heavy (non-hydrogen) atoms. The summed E-state index contributed by atoms with van der Waals surface area (Å²) in [5.74, 6) is 0.437. The fourth-order valence-electron chi connectivity index (χ4n) is 2.78. The Hall–Kier alpha value is -1.88. The lowest BCUT2D eigenvalue weighted by molar-refractivity contribution is -0.121. The predicted octanol–water partition coefficient (Wildman–Crippen LogP) is 3.19. The minimum atomic E-state index is -0.0254. The Morgan fingerprint density at radius 3 is 2.74 bits per heavy atom. The van der Waals surface area contributed by atoms with E-state index in [9.17, 15) is 9.59 Å². The molecule has 2 atom stereocenters. The van der Waals surface area contributed by atoms with E-state index in [1.165, 1.54) is 0 Å². The first-order valence-corrected chi connectivity index (χ1v) is 8.21. The molecule has 0 spiro atoms. The summed E-state index contributed by atoms with van der Waals surface area (Å²) in [5.41, 5.74) is 2.72. The first-order chi connectivity index (χ1) is 11.0. The molecule has 0 radical (unpaired) electrons. The minimum absolute atomic E-state index is 0.0254. The van der Waals surface area contributed by atoms with Crippen molar-refractivity contribution >= 4 is 23.2 Å². The van der Waals surface area contributed by atoms with Crippen LogP contribution < -0.4 is 10.2 Å². The first-order valence-electron chi connectivity index (χ1n) is 8.21. The Balaban J connectivity index is 2.15. The van der Waals surface area contributed by atoms with Crippen molar-refractivity contribution in [3.8, 4) is 0 Å². The second-order valence-corrected chi connectivity index (χ2v) is 6.25. The molecule has 1 aliphatic heterocycles. The van der Waals surface area contributed by atoms with Crippen molar-refractivity contribution in [2.75, 3.05) is 24.1 Å². The van der Waals surface area contributed by atoms with Crippen LogP contribution in [0.3, 0.4) is 0 Å². The molecule has 1 heterocycles. The lowest BCUT2D eigenvalue weighted by Crippen LogP contribution is -2.36. The topological polar surface area (TPSA) is 58.6 Å². The first kappa shape index (κ1) is 17.5. The highest BCUT2D eigenvalue weighted by Gasteiger charge is 2.25. The third-order valence-corrected chi connectivity index (χ3v) is 4.72. The van der Waals surface area contributed by atoms with Crippen LogP contribution in [0.2, 0.25) is 0 Å². The fourth-order valence-corrected chi connectivity index (χ4v) is 2.78. The number of benzene rings is 1. The number of hydrogen-bond acceptors (Lipinski definition) is 3. The van der Waals surface area contributed by atoms with Gasteiger partial charge in [-0.3, -0.25) is 14.5 Å². The molecular formula is C18H26N2O3. The number of aryl methyl sites for hydroxylation is 1. The quantitative estimate of drug-likeness (QED) is 0.876. The summed E-state index contributed by atoms with van der Waals surface area (Å²) < 4.78 is 5.11. The van der Waals surface area contributed by atoms with Gasteiger partial charge in [0.25, 0.3) is 0 Å². The molecule has 1 aliphatic rings. The van der Waals surface area contributed by atoms with Gasteiger partial charge in [-0.15, -0.1) is 0 Å². The van der Waals surface area contributed by atoms with Crippen LogP contribution in [0.15, 0.2) is 18.2 Å². The van der Waals surface area contributed by atoms with Crippen LogP contribution in [0, 0.1) is 11.8 Å². The summed E-state index contributed by atoms with van der Waals surface area (Å²) in [5, 5.41) is 2.99. The van der Waals surface area contributed by atoms with Gasteiger partial charge in [-0.1, -0.05) is 27.2 Å². The number of fused-ring (bicyclic) bond motifs is 1. The van der Waals surface area contributed by atoms with Crippen LogP contribution in [-0.4, -0.2) is 25.7 Å². The summed E-state index contributed by atoms with van der Waals surface area (Å²) in [6, 6.07) is 5.70. The SMILES string of the molecule is CC[C@H](C)[C@@H](C)C(=O)Nc1ccc2c(c1)CCC(=O)N2COC. The van der Waals surface area contributed by atoms with Crippen LogP contribution in [0.4, 0.5) is 11.4 Å². The summed E-state index contributed by atoms with van der Waals surface area (Å²) in [6.45, 7) is 6.39. The number of amides is 2. The number of hydrogen-bond donors (Lipinski definition) is 1. The number of ether oxygens (including phenoxy) is 1. The molecule has 126 valence electrons. The van der Waals surface area contributed by atoms with E-state index in [2.05, 4.69) is 19.2 Å². The molecule has 2 rings (SSSR count). The molecule has 0 unspecified atom stereocenters. The number of carbonyl (C=O) groups excluding carboxylic acids is 2. The molecule has 1 aromatic carbocycles. The molecule has 0 saturated carbocycles. The van der Waals surface area contributed by atoms with Crippen molar-refractivity contribution in [1.29, 1.82) is 0 Å². The van der Waals surface area contributed by atoms with E-state index in [1.807, 2.05) is 25.1 Å². The van der Waals surface area contributed by atoms with Gasteiger partial charge in [-0.05, 0) is 36.1 Å². The molecule has 5 heteroatoms. The van der Waals surface area contributed by atoms with Crippen LogP contribution in [0.5, 0.6) is 0 Å². The van der Waals surface area contributed by atoms with E-state index in [0.717, 1.165) is 23.4 Å². The van der Waals surface area contributed by atoms with Gasteiger partial charge in [0.15, 0.2) is 0 Å². The molecular weight excluding hydrogens is 292 g/mol. The molecule has 2 amide bonds. The van der Waals surface area contributed by atoms with E-state index in [0.29, 0.717) is 18.8 Å². The van der Waals surface area contributed by atoms with Crippen molar-refractivity contribution < 1.29 is 14.3 Å². The van der Waals surface area contributed by atoms with Gasteiger partial charge >= 0.3 is 0 Å². The maximum atomic E-state index is 12.3. The highest BCUT2D eigenvalue weighted by molar-refractivity contribution is 5.97. The van der Waals surface area contributed by atoms with Gasteiger partial charge in [0.05, 0.1) is 0 Å². The van der Waals surface area contributed by atoms with Crippen LogP contribution >= 0.6 is 0 Å². The zero-order valence-electron chi connectivity index (χ0n) is 14.4. The molecule has 0 aliphatic carbocycles. The van der Waals surface area contributed by atoms with Gasteiger partial charge in [0, 0.05) is 30.8 Å². The monoisotopic (exact) mass is 318 g/mol. The maximum Gasteiger partial charge on any atom is 0.229 e. The van der Waals surface area contributed by atoms with Gasteiger partial charge in [0.1, 0.15) is 6.73 Å². The van der Waals surface area contributed by atoms with Gasteiger partial charge < -0.3 is 10.1 Å². The third kappa shape index (κ3) is 3.91. The molecule has 1 aromatic rings. The highest BCUT2D eigenvalue weighted by atomic mass is 16.5. The summed E-state index contributed by atoms with van der Waals surface area (Å²) in [7, 11) is 1.58. The van der Waals surface area contributed by atoms with E-state index in [-0.39, 0.29) is 24.5 Å². The second kappa shape index (κ2) is 7.59. The number of nitrogens with one attached hydrogen (secondary N) is 1. The van der Waals surface area contributed by atoms with E-state index in [1.54, 1.807) is 12.0 Å². The van der Waals surface area contributed by atoms with Crippen molar-refractivity contribution in [2.24, 2.45) is 11.8 Å². The number of carbonyl (C=O) groups is 2. The highest BCUT2D eigenvalue weighted by Crippen LogP contribution is 2.30. The molecule has 0 fully saturated rings. The largest absolute Gasteiger partial charge is 0.364 e. The van der Waals surface area contributed by atoms with Crippen LogP contribution in [0.25, 0.3) is 0 Å². The number of nitrogens with zero attached hydrogens (tertiary/aromatic N) is 1. The van der Waals surface area contributed by atoms with Crippen molar-refractivity contribution in [2.45, 2.75) is 40.0 Å². The lowest BCUT2D eigenvalue weighted by Gasteiger charge is -2.29. The summed E-state index contributed by atoms with van der Waals surface area (Å²) >= 11 is 0. The summed E-state index contributed by atoms with van der Waals surface area (Å²) in [6.07, 6.45) is 2.14. The maximum absolute atomic E-state index is 12.3. The van der Waals surface area contributed by atoms with E-state index >= 15 is 0 Å². The molecule has 1 N–H and O–H groups in total. The van der Waals surface area contributed by atoms with E-state index < -0.39 is 0 Å². The smallest absolute Gasteiger partial charge is 0.229 e. The number of anilines is 2. The van der Waals surface area contributed by atoms with Gasteiger partial charge in [-0.2, -0.15) is 0 Å². The Kier molecular flexibility index (Phi) is 5.77. The molecule has 0 saturated heterocycles. The van der Waals surface area contributed by atoms with E-state index in [4.69, 9.17) is 4.74 Å². The molecule has 0 aromatic heterocycles. The number of methoxy groups -OCH3 is 1. The van der Waals surface area contributed by atoms with Gasteiger partial charge in [-0.25, -0.2) is 0 Å². The Morgan fingerprint density at radius 2 is 2.09 bits per heavy atom. The zero-order chi connectivity index (χ0) is 17.0. The molecule has 0 bridgehead atoms.